The van der Waals surface area contributed by atoms with Gasteiger partial charge in [0.05, 0.1) is 17.3 Å². The van der Waals surface area contributed by atoms with Gasteiger partial charge in [0.15, 0.2) is 6.61 Å². The first kappa shape index (κ1) is 28.7. The molecule has 5 aromatic rings. The van der Waals surface area contributed by atoms with Gasteiger partial charge in [-0.3, -0.25) is 14.5 Å². The number of hydrogen-bond donors (Lipinski definition) is 1. The van der Waals surface area contributed by atoms with Gasteiger partial charge in [-0.25, -0.2) is 0 Å². The average Bonchev–Trinajstić information content (AvgIpc) is 3.06. The second-order valence-corrected chi connectivity index (χ2v) is 11.1. The van der Waals surface area contributed by atoms with Gasteiger partial charge in [0, 0.05) is 12.2 Å². The van der Waals surface area contributed by atoms with Crippen LogP contribution in [0.5, 0.6) is 5.75 Å². The van der Waals surface area contributed by atoms with Crippen molar-refractivity contribution in [3.8, 4) is 5.75 Å². The monoisotopic (exact) mass is 581 g/mol. The zero-order valence-corrected chi connectivity index (χ0v) is 24.9. The molecule has 2 atom stereocenters. The summed E-state index contributed by atoms with van der Waals surface area (Å²) in [5.41, 5.74) is 6.60. The first-order valence-electron chi connectivity index (χ1n) is 14.8. The molecule has 0 unspecified atom stereocenters. The summed E-state index contributed by atoms with van der Waals surface area (Å²) in [6, 6.07) is 43.5. The van der Waals surface area contributed by atoms with E-state index in [0.29, 0.717) is 17.9 Å². The van der Waals surface area contributed by atoms with E-state index < -0.39 is 6.17 Å². The van der Waals surface area contributed by atoms with Crippen molar-refractivity contribution in [2.45, 2.75) is 32.6 Å². The number of nitrogens with zero attached hydrogens (tertiary/aromatic N) is 2. The second-order valence-electron chi connectivity index (χ2n) is 11.1. The van der Waals surface area contributed by atoms with Crippen LogP contribution in [0.4, 0.5) is 11.4 Å². The van der Waals surface area contributed by atoms with Gasteiger partial charge in [0.25, 0.3) is 11.8 Å². The van der Waals surface area contributed by atoms with Crippen LogP contribution in [-0.2, 0) is 11.3 Å². The lowest BCUT2D eigenvalue weighted by molar-refractivity contribution is -0.123. The first-order chi connectivity index (χ1) is 21.5. The number of amides is 2. The molecule has 6 nitrogen and oxygen atoms in total. The number of fused-ring (bicyclic) bond motifs is 1. The number of para-hydroxylation sites is 1. The number of aryl methyl sites for hydroxylation is 1. The molecule has 0 fully saturated rings. The molecule has 0 aliphatic carbocycles. The van der Waals surface area contributed by atoms with Gasteiger partial charge in [-0.05, 0) is 66.9 Å². The Balaban J connectivity index is 1.29. The maximum absolute atomic E-state index is 14.1. The summed E-state index contributed by atoms with van der Waals surface area (Å²) in [5, 5.41) is 2.99. The van der Waals surface area contributed by atoms with E-state index in [1.165, 1.54) is 0 Å². The predicted molar refractivity (Wildman–Crippen MR) is 175 cm³/mol. The Bertz CT molecular complexity index is 1720. The number of ether oxygens (including phenoxy) is 1. The van der Waals surface area contributed by atoms with Gasteiger partial charge in [0.1, 0.15) is 11.9 Å². The molecular weight excluding hydrogens is 546 g/mol. The largest absolute Gasteiger partial charge is 0.484 e. The number of hydrogen-bond acceptors (Lipinski definition) is 4. The summed E-state index contributed by atoms with van der Waals surface area (Å²) in [6.45, 7) is 4.50. The molecule has 6 rings (SSSR count). The number of benzene rings is 5. The molecule has 1 aliphatic rings. The average molecular weight is 582 g/mol. The highest BCUT2D eigenvalue weighted by molar-refractivity contribution is 6.12. The molecule has 44 heavy (non-hydrogen) atoms. The van der Waals surface area contributed by atoms with Crippen LogP contribution in [-0.4, -0.2) is 18.4 Å². The van der Waals surface area contributed by atoms with E-state index in [1.54, 1.807) is 0 Å². The second kappa shape index (κ2) is 12.9. The van der Waals surface area contributed by atoms with Crippen molar-refractivity contribution in [1.29, 1.82) is 0 Å². The van der Waals surface area contributed by atoms with Crippen molar-refractivity contribution in [2.75, 3.05) is 16.4 Å². The van der Waals surface area contributed by atoms with E-state index in [-0.39, 0.29) is 24.5 Å². The smallest absolute Gasteiger partial charge is 0.262 e. The fourth-order valence-electron chi connectivity index (χ4n) is 5.65. The third-order valence-electron chi connectivity index (χ3n) is 7.94. The lowest BCUT2D eigenvalue weighted by atomic mass is 9.99. The molecule has 0 bridgehead atoms. The van der Waals surface area contributed by atoms with E-state index in [0.717, 1.165) is 33.6 Å². The van der Waals surface area contributed by atoms with Crippen molar-refractivity contribution in [3.05, 3.63) is 161 Å². The van der Waals surface area contributed by atoms with Gasteiger partial charge < -0.3 is 15.0 Å². The van der Waals surface area contributed by atoms with E-state index in [9.17, 15) is 9.59 Å². The molecule has 220 valence electrons. The van der Waals surface area contributed by atoms with Crippen molar-refractivity contribution in [2.24, 2.45) is 0 Å². The predicted octanol–water partition coefficient (Wildman–Crippen LogP) is 7.62. The van der Waals surface area contributed by atoms with Crippen LogP contribution >= 0.6 is 0 Å². The molecular formula is C38H35N3O3. The zero-order valence-electron chi connectivity index (χ0n) is 24.9. The first-order valence-corrected chi connectivity index (χ1v) is 14.8. The van der Waals surface area contributed by atoms with Crippen LogP contribution in [0.15, 0.2) is 133 Å². The Labute approximate surface area is 258 Å². The fourth-order valence-corrected chi connectivity index (χ4v) is 5.65. The molecule has 1 N–H and O–H groups in total. The lowest BCUT2D eigenvalue weighted by Crippen LogP contribution is -2.49. The summed E-state index contributed by atoms with van der Waals surface area (Å²) in [5.74, 6) is 0.332. The molecule has 6 heteroatoms. The quantitative estimate of drug-likeness (QED) is 0.195. The van der Waals surface area contributed by atoms with Gasteiger partial charge in [0.2, 0.25) is 0 Å². The summed E-state index contributed by atoms with van der Waals surface area (Å²) in [4.78, 5) is 30.9. The molecule has 0 saturated heterocycles. The Morgan fingerprint density at radius 3 is 2.14 bits per heavy atom. The number of nitrogens with one attached hydrogen (secondary N) is 1. The molecule has 5 aromatic carbocycles. The summed E-state index contributed by atoms with van der Waals surface area (Å²) in [6.07, 6.45) is -0.413. The highest BCUT2D eigenvalue weighted by atomic mass is 16.5. The lowest BCUT2D eigenvalue weighted by Gasteiger charge is -2.46. The minimum absolute atomic E-state index is 0.0525. The standard InChI is InChI=1S/C38H35N3O3/c1-27-17-21-32(22-18-27)41-37(40(25-29-11-5-3-6-12-29)35-16-10-9-15-34(35)38(41)43)31-19-23-33(24-20-31)44-26-36(42)39-28(2)30-13-7-4-8-14-30/h3-24,28,37H,25-26H2,1-2H3,(H,39,42)/t28-,37-/m0/s1. The van der Waals surface area contributed by atoms with Gasteiger partial charge in [-0.2, -0.15) is 0 Å². The molecule has 0 spiro atoms. The van der Waals surface area contributed by atoms with E-state index in [4.69, 9.17) is 4.74 Å². The summed E-state index contributed by atoms with van der Waals surface area (Å²) < 4.78 is 5.87. The van der Waals surface area contributed by atoms with Crippen molar-refractivity contribution in [3.63, 3.8) is 0 Å². The van der Waals surface area contributed by atoms with E-state index in [1.807, 2.05) is 140 Å². The normalized spacial score (nSPS) is 15.0. The Morgan fingerprint density at radius 2 is 1.43 bits per heavy atom. The number of rotatable bonds is 9. The SMILES string of the molecule is Cc1ccc(N2C(=O)c3ccccc3N(Cc3ccccc3)[C@@H]2c2ccc(OCC(=O)N[C@@H](C)c3ccccc3)cc2)cc1. The van der Waals surface area contributed by atoms with Gasteiger partial charge in [-0.15, -0.1) is 0 Å². The molecule has 0 aromatic heterocycles. The van der Waals surface area contributed by atoms with Gasteiger partial charge >= 0.3 is 0 Å². The Hall–Kier alpha value is -5.36. The van der Waals surface area contributed by atoms with Crippen LogP contribution in [0.1, 0.15) is 51.7 Å². The summed E-state index contributed by atoms with van der Waals surface area (Å²) >= 11 is 0. The molecule has 1 heterocycles. The Kier molecular flexibility index (Phi) is 8.41. The van der Waals surface area contributed by atoms with E-state index >= 15 is 0 Å². The zero-order chi connectivity index (χ0) is 30.5. The van der Waals surface area contributed by atoms with Crippen LogP contribution in [0.3, 0.4) is 0 Å². The maximum atomic E-state index is 14.1. The van der Waals surface area contributed by atoms with Crippen LogP contribution in [0.25, 0.3) is 0 Å². The molecule has 1 aliphatic heterocycles. The maximum Gasteiger partial charge on any atom is 0.262 e. The van der Waals surface area contributed by atoms with Crippen LogP contribution < -0.4 is 19.9 Å². The van der Waals surface area contributed by atoms with Crippen molar-refractivity contribution < 1.29 is 14.3 Å². The van der Waals surface area contributed by atoms with Crippen LogP contribution in [0, 0.1) is 6.92 Å². The highest BCUT2D eigenvalue weighted by Gasteiger charge is 2.39. The summed E-state index contributed by atoms with van der Waals surface area (Å²) in [7, 11) is 0. The third-order valence-corrected chi connectivity index (χ3v) is 7.94. The molecule has 0 radical (unpaired) electrons. The highest BCUT2D eigenvalue weighted by Crippen LogP contribution is 2.42. The van der Waals surface area contributed by atoms with Crippen molar-refractivity contribution >= 4 is 23.2 Å². The van der Waals surface area contributed by atoms with Crippen molar-refractivity contribution in [1.82, 2.24) is 5.32 Å². The minimum Gasteiger partial charge on any atom is -0.484 e. The third kappa shape index (κ3) is 6.20. The number of carbonyl (C=O) groups is 2. The van der Waals surface area contributed by atoms with Crippen LogP contribution in [0.2, 0.25) is 0 Å². The Morgan fingerprint density at radius 1 is 0.795 bits per heavy atom. The number of anilines is 2. The van der Waals surface area contributed by atoms with E-state index in [2.05, 4.69) is 22.3 Å². The molecule has 0 saturated carbocycles. The van der Waals surface area contributed by atoms with Gasteiger partial charge in [-0.1, -0.05) is 103 Å². The topological polar surface area (TPSA) is 61.9 Å². The fraction of sp³-hybridized carbons (Fsp3) is 0.158. The number of carbonyl (C=O) groups excluding carboxylic acids is 2. The molecule has 2 amide bonds. The minimum atomic E-state index is -0.413.